The summed E-state index contributed by atoms with van der Waals surface area (Å²) in [6.07, 6.45) is 5.41. The Morgan fingerprint density at radius 3 is 2.88 bits per heavy atom. The van der Waals surface area contributed by atoms with Crippen LogP contribution in [0.5, 0.6) is 0 Å². The summed E-state index contributed by atoms with van der Waals surface area (Å²) in [4.78, 5) is 8.67. The van der Waals surface area contributed by atoms with Crippen LogP contribution in [0.3, 0.4) is 0 Å². The van der Waals surface area contributed by atoms with E-state index in [0.717, 1.165) is 16.6 Å². The average Bonchev–Trinajstić information content (AvgIpc) is 2.75. The number of nitrogens with one attached hydrogen (secondary N) is 1. The predicted octanol–water partition coefficient (Wildman–Crippen LogP) is 2.11. The van der Waals surface area contributed by atoms with E-state index in [0.29, 0.717) is 5.95 Å². The van der Waals surface area contributed by atoms with Gasteiger partial charge in [-0.25, -0.2) is 9.97 Å². The Bertz CT molecular complexity index is 659. The lowest BCUT2D eigenvalue weighted by Gasteiger charge is -2.02. The maximum Gasteiger partial charge on any atom is 0.227 e. The van der Waals surface area contributed by atoms with E-state index in [4.69, 9.17) is 0 Å². The molecule has 0 radical (unpaired) electrons. The van der Waals surface area contributed by atoms with Gasteiger partial charge in [-0.3, -0.25) is 4.68 Å². The molecule has 0 unspecified atom stereocenters. The summed E-state index contributed by atoms with van der Waals surface area (Å²) in [6.45, 7) is 0. The fraction of sp³-hybridized carbons (Fsp3) is 0.0833. The molecule has 0 spiro atoms. The van der Waals surface area contributed by atoms with Gasteiger partial charge in [-0.05, 0) is 6.07 Å². The van der Waals surface area contributed by atoms with Crippen molar-refractivity contribution in [3.8, 4) is 0 Å². The highest BCUT2D eigenvalue weighted by molar-refractivity contribution is 5.78. The Morgan fingerprint density at radius 2 is 2.06 bits per heavy atom. The summed E-state index contributed by atoms with van der Waals surface area (Å²) in [5.41, 5.74) is 1.80. The van der Waals surface area contributed by atoms with E-state index in [1.165, 1.54) is 0 Å². The van der Waals surface area contributed by atoms with Gasteiger partial charge in [0, 0.05) is 24.8 Å². The highest BCUT2D eigenvalue weighted by Gasteiger charge is 2.01. The second-order valence-corrected chi connectivity index (χ2v) is 3.78. The van der Waals surface area contributed by atoms with Crippen LogP contribution in [-0.4, -0.2) is 19.7 Å². The third kappa shape index (κ3) is 1.94. The van der Waals surface area contributed by atoms with Crippen molar-refractivity contribution in [1.82, 2.24) is 19.7 Å². The fourth-order valence-corrected chi connectivity index (χ4v) is 1.65. The van der Waals surface area contributed by atoms with Gasteiger partial charge in [-0.2, -0.15) is 5.10 Å². The van der Waals surface area contributed by atoms with Crippen LogP contribution in [0, 0.1) is 0 Å². The van der Waals surface area contributed by atoms with Crippen LogP contribution in [0.15, 0.2) is 42.9 Å². The van der Waals surface area contributed by atoms with Gasteiger partial charge in [0.25, 0.3) is 0 Å². The van der Waals surface area contributed by atoms with E-state index >= 15 is 0 Å². The van der Waals surface area contributed by atoms with Crippen molar-refractivity contribution in [3.05, 3.63) is 42.9 Å². The maximum absolute atomic E-state index is 4.42. The molecule has 0 amide bonds. The lowest BCUT2D eigenvalue weighted by atomic mass is 10.2. The van der Waals surface area contributed by atoms with Crippen molar-refractivity contribution in [3.63, 3.8) is 0 Å². The molecule has 0 aliphatic rings. The first-order chi connectivity index (χ1) is 8.31. The molecular weight excluding hydrogens is 214 g/mol. The zero-order valence-electron chi connectivity index (χ0n) is 9.33. The Labute approximate surface area is 98.1 Å². The third-order valence-corrected chi connectivity index (χ3v) is 2.45. The zero-order valence-corrected chi connectivity index (χ0v) is 9.33. The number of fused-ring (bicyclic) bond motifs is 1. The molecule has 0 aliphatic heterocycles. The molecule has 5 nitrogen and oxygen atoms in total. The lowest BCUT2D eigenvalue weighted by molar-refractivity contribution is 0.768. The molecule has 0 saturated carbocycles. The first-order valence-corrected chi connectivity index (χ1v) is 5.29. The summed E-state index contributed by atoms with van der Waals surface area (Å²) in [5.74, 6) is 0.580. The van der Waals surface area contributed by atoms with Gasteiger partial charge in [0.05, 0.1) is 17.4 Å². The van der Waals surface area contributed by atoms with Gasteiger partial charge in [0.1, 0.15) is 0 Å². The highest BCUT2D eigenvalue weighted by Crippen LogP contribution is 2.15. The smallest absolute Gasteiger partial charge is 0.227 e. The SMILES string of the molecule is Cn1cc(Nc2ncc3ccccc3n2)cn1. The monoisotopic (exact) mass is 225 g/mol. The molecule has 0 atom stereocenters. The minimum Gasteiger partial charge on any atom is -0.321 e. The van der Waals surface area contributed by atoms with Crippen LogP contribution in [0.25, 0.3) is 10.9 Å². The fourth-order valence-electron chi connectivity index (χ4n) is 1.65. The van der Waals surface area contributed by atoms with E-state index in [1.807, 2.05) is 37.5 Å². The molecule has 3 rings (SSSR count). The second-order valence-electron chi connectivity index (χ2n) is 3.78. The van der Waals surface area contributed by atoms with Crippen molar-refractivity contribution in [2.24, 2.45) is 7.05 Å². The molecule has 1 aromatic carbocycles. The quantitative estimate of drug-likeness (QED) is 0.725. The predicted molar refractivity (Wildman–Crippen MR) is 66.0 cm³/mol. The number of aryl methyl sites for hydroxylation is 1. The van der Waals surface area contributed by atoms with Gasteiger partial charge < -0.3 is 5.32 Å². The minimum absolute atomic E-state index is 0.580. The first kappa shape index (κ1) is 9.77. The molecule has 2 heterocycles. The largest absolute Gasteiger partial charge is 0.321 e. The second kappa shape index (κ2) is 3.86. The molecule has 5 heteroatoms. The number of benzene rings is 1. The highest BCUT2D eigenvalue weighted by atomic mass is 15.3. The van der Waals surface area contributed by atoms with Crippen LogP contribution in [0.1, 0.15) is 0 Å². The molecule has 0 bridgehead atoms. The van der Waals surface area contributed by atoms with Crippen molar-refractivity contribution < 1.29 is 0 Å². The number of hydrogen-bond donors (Lipinski definition) is 1. The maximum atomic E-state index is 4.42. The van der Waals surface area contributed by atoms with Crippen molar-refractivity contribution in [2.75, 3.05) is 5.32 Å². The number of anilines is 2. The molecular formula is C12H11N5. The van der Waals surface area contributed by atoms with Gasteiger partial charge in [-0.1, -0.05) is 18.2 Å². The third-order valence-electron chi connectivity index (χ3n) is 2.45. The Balaban J connectivity index is 1.95. The minimum atomic E-state index is 0.580. The normalized spacial score (nSPS) is 10.6. The molecule has 2 aromatic heterocycles. The Morgan fingerprint density at radius 1 is 1.18 bits per heavy atom. The van der Waals surface area contributed by atoms with Crippen LogP contribution in [-0.2, 0) is 7.05 Å². The van der Waals surface area contributed by atoms with E-state index in [2.05, 4.69) is 20.4 Å². The number of aromatic nitrogens is 4. The Kier molecular flexibility index (Phi) is 2.22. The van der Waals surface area contributed by atoms with Gasteiger partial charge >= 0.3 is 0 Å². The van der Waals surface area contributed by atoms with Crippen molar-refractivity contribution >= 4 is 22.5 Å². The first-order valence-electron chi connectivity index (χ1n) is 5.29. The van der Waals surface area contributed by atoms with Crippen molar-refractivity contribution in [2.45, 2.75) is 0 Å². The molecule has 1 N–H and O–H groups in total. The number of para-hydroxylation sites is 1. The molecule has 0 saturated heterocycles. The molecule has 0 aliphatic carbocycles. The van der Waals surface area contributed by atoms with E-state index < -0.39 is 0 Å². The number of hydrogen-bond acceptors (Lipinski definition) is 4. The van der Waals surface area contributed by atoms with Crippen LogP contribution in [0.4, 0.5) is 11.6 Å². The lowest BCUT2D eigenvalue weighted by Crippen LogP contribution is -1.96. The summed E-state index contributed by atoms with van der Waals surface area (Å²) in [6, 6.07) is 7.89. The Hall–Kier alpha value is -2.43. The summed E-state index contributed by atoms with van der Waals surface area (Å²) in [7, 11) is 1.87. The van der Waals surface area contributed by atoms with Gasteiger partial charge in [-0.15, -0.1) is 0 Å². The molecule has 84 valence electrons. The number of rotatable bonds is 2. The summed E-state index contributed by atoms with van der Waals surface area (Å²) >= 11 is 0. The average molecular weight is 225 g/mol. The van der Waals surface area contributed by atoms with Crippen LogP contribution in [0.2, 0.25) is 0 Å². The number of nitrogens with zero attached hydrogens (tertiary/aromatic N) is 4. The molecule has 0 fully saturated rings. The van der Waals surface area contributed by atoms with Crippen LogP contribution >= 0.6 is 0 Å². The molecule has 3 aromatic rings. The van der Waals surface area contributed by atoms with Gasteiger partial charge in [0.15, 0.2) is 0 Å². The standard InChI is InChI=1S/C12H11N5/c1-17-8-10(7-14-17)15-12-13-6-9-4-2-3-5-11(9)16-12/h2-8H,1H3,(H,13,15,16). The zero-order chi connectivity index (χ0) is 11.7. The van der Waals surface area contributed by atoms with E-state index in [1.54, 1.807) is 17.1 Å². The van der Waals surface area contributed by atoms with Gasteiger partial charge in [0.2, 0.25) is 5.95 Å². The molecule has 17 heavy (non-hydrogen) atoms. The summed E-state index contributed by atoms with van der Waals surface area (Å²) < 4.78 is 1.73. The van der Waals surface area contributed by atoms with Crippen molar-refractivity contribution in [1.29, 1.82) is 0 Å². The van der Waals surface area contributed by atoms with E-state index in [9.17, 15) is 0 Å². The topological polar surface area (TPSA) is 55.6 Å². The summed E-state index contributed by atoms with van der Waals surface area (Å²) in [5, 5.41) is 8.22. The van der Waals surface area contributed by atoms with E-state index in [-0.39, 0.29) is 0 Å². The van der Waals surface area contributed by atoms with Crippen LogP contribution < -0.4 is 5.32 Å².